The number of rotatable bonds is 4. The van der Waals surface area contributed by atoms with Crippen molar-refractivity contribution >= 4 is 23.1 Å². The Labute approximate surface area is 150 Å². The van der Waals surface area contributed by atoms with E-state index in [2.05, 4.69) is 5.32 Å². The molecule has 8 nitrogen and oxygen atoms in total. The van der Waals surface area contributed by atoms with E-state index in [1.807, 2.05) is 0 Å². The molecular formula is C16H16F3N3O5. The van der Waals surface area contributed by atoms with Crippen LogP contribution in [-0.4, -0.2) is 52.4 Å². The summed E-state index contributed by atoms with van der Waals surface area (Å²) >= 11 is 0. The van der Waals surface area contributed by atoms with Crippen molar-refractivity contribution in [3.63, 3.8) is 0 Å². The maximum Gasteiger partial charge on any atom is 0.420 e. The van der Waals surface area contributed by atoms with E-state index >= 15 is 0 Å². The molecule has 0 radical (unpaired) electrons. The van der Waals surface area contributed by atoms with E-state index in [-0.39, 0.29) is 13.1 Å². The first kappa shape index (κ1) is 18.8. The molecule has 3 rings (SSSR count). The Hall–Kier alpha value is -2.98. The molecule has 2 amide bonds. The van der Waals surface area contributed by atoms with Crippen LogP contribution in [0.2, 0.25) is 0 Å². The van der Waals surface area contributed by atoms with Gasteiger partial charge in [0.1, 0.15) is 0 Å². The second-order valence-electron chi connectivity index (χ2n) is 6.22. The topological polar surface area (TPSA) is 105 Å². The largest absolute Gasteiger partial charge is 0.481 e. The van der Waals surface area contributed by atoms with Gasteiger partial charge >= 0.3 is 23.9 Å². The minimum atomic E-state index is -4.71. The number of fused-ring (bicyclic) bond motifs is 1. The number of para-hydroxylation sites is 2. The zero-order valence-electron chi connectivity index (χ0n) is 13.9. The van der Waals surface area contributed by atoms with Crippen LogP contribution >= 0.6 is 0 Å². The minimum Gasteiger partial charge on any atom is -0.481 e. The molecule has 27 heavy (non-hydrogen) atoms. The third-order valence-electron chi connectivity index (χ3n) is 4.53. The van der Waals surface area contributed by atoms with Crippen molar-refractivity contribution in [2.45, 2.75) is 12.7 Å². The van der Waals surface area contributed by atoms with E-state index in [0.29, 0.717) is 11.1 Å². The lowest BCUT2D eigenvalue weighted by Crippen LogP contribution is -2.41. The molecule has 1 aliphatic heterocycles. The van der Waals surface area contributed by atoms with E-state index in [0.717, 1.165) is 4.90 Å². The summed E-state index contributed by atoms with van der Waals surface area (Å²) in [6.45, 7) is -1.23. The molecule has 0 aliphatic carbocycles. The van der Waals surface area contributed by atoms with Gasteiger partial charge in [0.05, 0.1) is 17.4 Å². The number of aromatic nitrogens is 1. The van der Waals surface area contributed by atoms with Crippen molar-refractivity contribution in [1.82, 2.24) is 14.8 Å². The van der Waals surface area contributed by atoms with Crippen molar-refractivity contribution < 1.29 is 32.3 Å². The van der Waals surface area contributed by atoms with Crippen LogP contribution in [-0.2, 0) is 11.3 Å². The molecule has 0 bridgehead atoms. The molecule has 2 heterocycles. The van der Waals surface area contributed by atoms with E-state index < -0.39 is 48.9 Å². The Morgan fingerprint density at radius 2 is 1.96 bits per heavy atom. The number of likely N-dealkylation sites (tertiary alicyclic amines) is 1. The van der Waals surface area contributed by atoms with Crippen LogP contribution in [0.25, 0.3) is 11.1 Å². The van der Waals surface area contributed by atoms with Crippen LogP contribution in [0.15, 0.2) is 33.5 Å². The molecule has 2 atom stereocenters. The van der Waals surface area contributed by atoms with Crippen LogP contribution in [0.5, 0.6) is 0 Å². The third-order valence-corrected chi connectivity index (χ3v) is 4.53. The molecule has 1 aromatic heterocycles. The van der Waals surface area contributed by atoms with Crippen molar-refractivity contribution in [3.05, 3.63) is 34.8 Å². The maximum absolute atomic E-state index is 13.0. The number of oxazole rings is 1. The molecule has 146 valence electrons. The molecule has 0 unspecified atom stereocenters. The molecule has 1 fully saturated rings. The van der Waals surface area contributed by atoms with Gasteiger partial charge in [0.2, 0.25) is 0 Å². The lowest BCUT2D eigenvalue weighted by Gasteiger charge is -2.18. The second-order valence-corrected chi connectivity index (χ2v) is 6.22. The SMILES string of the molecule is O=C(O)[C@@H]1CN(C(=O)NCCn2c(=O)oc3ccccc32)C[C@H]1C(F)(F)F. The average molecular weight is 387 g/mol. The highest BCUT2D eigenvalue weighted by Gasteiger charge is 2.53. The summed E-state index contributed by atoms with van der Waals surface area (Å²) in [6, 6.07) is 5.86. The highest BCUT2D eigenvalue weighted by molar-refractivity contribution is 5.78. The van der Waals surface area contributed by atoms with Crippen LogP contribution in [0, 0.1) is 11.8 Å². The lowest BCUT2D eigenvalue weighted by molar-refractivity contribution is -0.187. The first-order valence-corrected chi connectivity index (χ1v) is 8.09. The average Bonchev–Trinajstić information content (AvgIpc) is 3.17. The van der Waals surface area contributed by atoms with Gasteiger partial charge in [0.15, 0.2) is 5.58 Å². The van der Waals surface area contributed by atoms with Crippen molar-refractivity contribution in [1.29, 1.82) is 0 Å². The van der Waals surface area contributed by atoms with Gasteiger partial charge in [-0.25, -0.2) is 9.59 Å². The number of benzene rings is 1. The molecule has 1 aliphatic rings. The Morgan fingerprint density at radius 1 is 1.26 bits per heavy atom. The van der Waals surface area contributed by atoms with Crippen molar-refractivity contribution in [2.75, 3.05) is 19.6 Å². The van der Waals surface area contributed by atoms with Crippen molar-refractivity contribution in [3.8, 4) is 0 Å². The number of halogens is 3. The molecule has 1 aromatic carbocycles. The number of hydrogen-bond acceptors (Lipinski definition) is 4. The van der Waals surface area contributed by atoms with Gasteiger partial charge in [-0.15, -0.1) is 0 Å². The summed E-state index contributed by atoms with van der Waals surface area (Å²) < 4.78 is 45.2. The number of carbonyl (C=O) groups is 2. The first-order valence-electron chi connectivity index (χ1n) is 8.09. The second kappa shape index (κ2) is 6.97. The zero-order chi connectivity index (χ0) is 19.8. The van der Waals surface area contributed by atoms with Gasteiger partial charge in [-0.1, -0.05) is 12.1 Å². The number of carboxylic acid groups (broad SMARTS) is 1. The fourth-order valence-electron chi connectivity index (χ4n) is 3.16. The molecular weight excluding hydrogens is 371 g/mol. The summed E-state index contributed by atoms with van der Waals surface area (Å²) in [4.78, 5) is 35.8. The number of carboxylic acids is 1. The Balaban J connectivity index is 1.62. The van der Waals surface area contributed by atoms with Crippen LogP contribution in [0.1, 0.15) is 0 Å². The predicted octanol–water partition coefficient (Wildman–Crippen LogP) is 1.50. The number of nitrogens with zero attached hydrogens (tertiary/aromatic N) is 2. The zero-order valence-corrected chi connectivity index (χ0v) is 13.9. The summed E-state index contributed by atoms with van der Waals surface area (Å²) in [5, 5.41) is 11.4. The standard InChI is InChI=1S/C16H16F3N3O5/c17-16(18,19)10-8-21(7-9(10)13(23)24)14(25)20-5-6-22-11-3-1-2-4-12(11)27-15(22)26/h1-4,9-10H,5-8H2,(H,20,25)(H,23,24)/t9-,10-/m1/s1. The van der Waals surface area contributed by atoms with Crippen LogP contribution in [0.4, 0.5) is 18.0 Å². The predicted molar refractivity (Wildman–Crippen MR) is 86.1 cm³/mol. The van der Waals surface area contributed by atoms with Gasteiger partial charge in [0.25, 0.3) is 0 Å². The monoisotopic (exact) mass is 387 g/mol. The molecule has 1 saturated heterocycles. The smallest absolute Gasteiger partial charge is 0.420 e. The lowest BCUT2D eigenvalue weighted by atomic mass is 9.96. The fourth-order valence-corrected chi connectivity index (χ4v) is 3.16. The normalized spacial score (nSPS) is 20.2. The van der Waals surface area contributed by atoms with E-state index in [4.69, 9.17) is 9.52 Å². The molecule has 2 aromatic rings. The Morgan fingerprint density at radius 3 is 2.59 bits per heavy atom. The summed E-state index contributed by atoms with van der Waals surface area (Å²) in [5.74, 6) is -6.02. The molecule has 0 spiro atoms. The third kappa shape index (κ3) is 3.76. The van der Waals surface area contributed by atoms with Gasteiger partial charge in [-0.2, -0.15) is 13.2 Å². The first-order chi connectivity index (χ1) is 12.7. The van der Waals surface area contributed by atoms with Gasteiger partial charge in [0, 0.05) is 26.2 Å². The highest BCUT2D eigenvalue weighted by atomic mass is 19.4. The van der Waals surface area contributed by atoms with Crippen molar-refractivity contribution in [2.24, 2.45) is 11.8 Å². The Bertz CT molecular complexity index is 920. The van der Waals surface area contributed by atoms with E-state index in [1.54, 1.807) is 24.3 Å². The molecule has 11 heteroatoms. The van der Waals surface area contributed by atoms with Crippen LogP contribution in [0.3, 0.4) is 0 Å². The van der Waals surface area contributed by atoms with E-state index in [1.165, 1.54) is 4.57 Å². The van der Waals surface area contributed by atoms with Crippen LogP contribution < -0.4 is 11.1 Å². The number of hydrogen-bond donors (Lipinski definition) is 2. The molecule has 0 saturated carbocycles. The maximum atomic E-state index is 13.0. The molecule has 2 N–H and O–H groups in total. The van der Waals surface area contributed by atoms with Gasteiger partial charge in [-0.3, -0.25) is 9.36 Å². The number of amides is 2. The van der Waals surface area contributed by atoms with Gasteiger partial charge < -0.3 is 19.7 Å². The van der Waals surface area contributed by atoms with E-state index in [9.17, 15) is 27.6 Å². The summed E-state index contributed by atoms with van der Waals surface area (Å²) in [5.41, 5.74) is 0.909. The van der Waals surface area contributed by atoms with Gasteiger partial charge in [-0.05, 0) is 12.1 Å². The number of alkyl halides is 3. The minimum absolute atomic E-state index is 0.0345. The summed E-state index contributed by atoms with van der Waals surface area (Å²) in [6.07, 6.45) is -4.71. The Kier molecular flexibility index (Phi) is 4.85. The number of nitrogens with one attached hydrogen (secondary N) is 1. The number of carbonyl (C=O) groups excluding carboxylic acids is 1. The quantitative estimate of drug-likeness (QED) is 0.827. The number of urea groups is 1. The fraction of sp³-hybridized carbons (Fsp3) is 0.438. The summed E-state index contributed by atoms with van der Waals surface area (Å²) in [7, 11) is 0. The number of aliphatic carboxylic acids is 1. The highest BCUT2D eigenvalue weighted by Crippen LogP contribution is 2.37.